The highest BCUT2D eigenvalue weighted by Gasteiger charge is 2.20. The number of carbonyl (C=O) groups is 1. The zero-order valence-corrected chi connectivity index (χ0v) is 16.4. The van der Waals surface area contributed by atoms with E-state index in [9.17, 15) is 9.59 Å². The molecule has 4 aromatic rings. The number of benzene rings is 1. The summed E-state index contributed by atoms with van der Waals surface area (Å²) in [6.07, 6.45) is 2.02. The van der Waals surface area contributed by atoms with Crippen LogP contribution in [0.25, 0.3) is 10.9 Å². The van der Waals surface area contributed by atoms with E-state index >= 15 is 0 Å². The fourth-order valence-electron chi connectivity index (χ4n) is 3.25. The van der Waals surface area contributed by atoms with Gasteiger partial charge in [-0.2, -0.15) is 0 Å². The zero-order chi connectivity index (χ0) is 18.8. The van der Waals surface area contributed by atoms with Gasteiger partial charge in [0, 0.05) is 45.5 Å². The number of H-pyrrole nitrogens is 1. The molecule has 7 heteroatoms. The van der Waals surface area contributed by atoms with Gasteiger partial charge in [0.25, 0.3) is 0 Å². The molecule has 0 bridgehead atoms. The number of thiazole rings is 1. The number of thiophene rings is 1. The summed E-state index contributed by atoms with van der Waals surface area (Å²) in [6, 6.07) is 12.3. The molecule has 0 spiro atoms. The number of hydrogen-bond donors (Lipinski definition) is 2. The lowest BCUT2D eigenvalue weighted by molar-refractivity contribution is -0.121. The fourth-order valence-corrected chi connectivity index (χ4v) is 4.83. The summed E-state index contributed by atoms with van der Waals surface area (Å²) < 4.78 is 1.51. The zero-order valence-electron chi connectivity index (χ0n) is 14.8. The fraction of sp³-hybridized carbons (Fsp3) is 0.200. The summed E-state index contributed by atoms with van der Waals surface area (Å²) >= 11 is 2.80. The lowest BCUT2D eigenvalue weighted by Crippen LogP contribution is -2.33. The molecular formula is C20H19N3O2S2. The van der Waals surface area contributed by atoms with Crippen LogP contribution >= 0.6 is 22.7 Å². The van der Waals surface area contributed by atoms with Crippen molar-refractivity contribution in [2.45, 2.75) is 19.4 Å². The second kappa shape index (κ2) is 7.54. The van der Waals surface area contributed by atoms with Crippen LogP contribution in [0.1, 0.15) is 22.1 Å². The maximum absolute atomic E-state index is 12.5. The van der Waals surface area contributed by atoms with Crippen molar-refractivity contribution in [2.75, 3.05) is 6.54 Å². The SMILES string of the molecule is Cc1csc(=O)n1CC(=O)NC[C@H](c1cccs1)c1c[nH]c2ccccc12. The second-order valence-electron chi connectivity index (χ2n) is 6.39. The van der Waals surface area contributed by atoms with Crippen LogP contribution in [0.3, 0.4) is 0 Å². The number of nitrogens with one attached hydrogen (secondary N) is 2. The van der Waals surface area contributed by atoms with Crippen LogP contribution in [0.5, 0.6) is 0 Å². The Hall–Kier alpha value is -2.64. The average molecular weight is 398 g/mol. The number of fused-ring (bicyclic) bond motifs is 1. The maximum Gasteiger partial charge on any atom is 0.307 e. The summed E-state index contributed by atoms with van der Waals surface area (Å²) in [5.74, 6) is -0.0922. The Kier molecular flexibility index (Phi) is 4.96. The predicted molar refractivity (Wildman–Crippen MR) is 111 cm³/mol. The van der Waals surface area contributed by atoms with Crippen molar-refractivity contribution in [1.29, 1.82) is 0 Å². The molecule has 0 fully saturated rings. The molecule has 0 aliphatic carbocycles. The van der Waals surface area contributed by atoms with Gasteiger partial charge in [-0.1, -0.05) is 35.6 Å². The highest BCUT2D eigenvalue weighted by atomic mass is 32.1. The van der Waals surface area contributed by atoms with Gasteiger partial charge in [0.15, 0.2) is 0 Å². The number of aromatic amines is 1. The van der Waals surface area contributed by atoms with E-state index in [0.717, 1.165) is 33.5 Å². The number of aryl methyl sites for hydroxylation is 1. The molecule has 3 heterocycles. The molecule has 0 unspecified atom stereocenters. The molecule has 0 saturated heterocycles. The largest absolute Gasteiger partial charge is 0.361 e. The number of amides is 1. The smallest absolute Gasteiger partial charge is 0.307 e. The van der Waals surface area contributed by atoms with Crippen molar-refractivity contribution in [3.8, 4) is 0 Å². The minimum atomic E-state index is -0.153. The van der Waals surface area contributed by atoms with E-state index in [1.165, 1.54) is 9.44 Å². The minimum absolute atomic E-state index is 0.0548. The molecular weight excluding hydrogens is 378 g/mol. The van der Waals surface area contributed by atoms with E-state index < -0.39 is 0 Å². The Morgan fingerprint density at radius 2 is 2.07 bits per heavy atom. The summed E-state index contributed by atoms with van der Waals surface area (Å²) in [4.78, 5) is 28.7. The second-order valence-corrected chi connectivity index (χ2v) is 8.19. The van der Waals surface area contributed by atoms with Gasteiger partial charge in [0.2, 0.25) is 5.91 Å². The Morgan fingerprint density at radius 1 is 1.22 bits per heavy atom. The van der Waals surface area contributed by atoms with Crippen molar-refractivity contribution in [2.24, 2.45) is 0 Å². The monoisotopic (exact) mass is 397 g/mol. The molecule has 4 rings (SSSR count). The number of nitrogens with zero attached hydrogens (tertiary/aromatic N) is 1. The van der Waals surface area contributed by atoms with Crippen LogP contribution in [-0.4, -0.2) is 22.0 Å². The minimum Gasteiger partial charge on any atom is -0.361 e. The van der Waals surface area contributed by atoms with E-state index in [4.69, 9.17) is 0 Å². The molecule has 0 aliphatic rings. The molecule has 27 heavy (non-hydrogen) atoms. The summed E-state index contributed by atoms with van der Waals surface area (Å²) in [6.45, 7) is 2.38. The van der Waals surface area contributed by atoms with Gasteiger partial charge in [0.1, 0.15) is 6.54 Å². The molecule has 3 aromatic heterocycles. The van der Waals surface area contributed by atoms with Crippen molar-refractivity contribution in [3.63, 3.8) is 0 Å². The summed E-state index contributed by atoms with van der Waals surface area (Å²) in [7, 11) is 0. The van der Waals surface area contributed by atoms with Crippen LogP contribution in [0.15, 0.2) is 58.1 Å². The van der Waals surface area contributed by atoms with E-state index in [2.05, 4.69) is 28.5 Å². The highest BCUT2D eigenvalue weighted by Crippen LogP contribution is 2.32. The lowest BCUT2D eigenvalue weighted by Gasteiger charge is -2.16. The van der Waals surface area contributed by atoms with Gasteiger partial charge in [-0.3, -0.25) is 14.2 Å². The molecule has 1 amide bonds. The van der Waals surface area contributed by atoms with E-state index in [0.29, 0.717) is 6.54 Å². The summed E-state index contributed by atoms with van der Waals surface area (Å²) in [5, 5.41) is 8.00. The molecule has 0 radical (unpaired) electrons. The molecule has 0 aliphatic heterocycles. The Morgan fingerprint density at radius 3 is 2.81 bits per heavy atom. The first kappa shape index (κ1) is 17.8. The Bertz CT molecular complexity index is 1120. The van der Waals surface area contributed by atoms with Gasteiger partial charge in [-0.05, 0) is 30.0 Å². The van der Waals surface area contributed by atoms with Crippen molar-refractivity contribution in [3.05, 3.63) is 79.2 Å². The molecule has 138 valence electrons. The third-order valence-corrected chi connectivity index (χ3v) is 6.53. The van der Waals surface area contributed by atoms with Crippen LogP contribution in [0.2, 0.25) is 0 Å². The first-order chi connectivity index (χ1) is 13.1. The van der Waals surface area contributed by atoms with E-state index in [1.807, 2.05) is 36.7 Å². The third-order valence-electron chi connectivity index (χ3n) is 4.66. The highest BCUT2D eigenvalue weighted by molar-refractivity contribution is 7.10. The van der Waals surface area contributed by atoms with Crippen LogP contribution in [-0.2, 0) is 11.3 Å². The first-order valence-electron chi connectivity index (χ1n) is 8.64. The van der Waals surface area contributed by atoms with Gasteiger partial charge in [-0.25, -0.2) is 0 Å². The number of rotatable bonds is 6. The van der Waals surface area contributed by atoms with E-state index in [-0.39, 0.29) is 23.2 Å². The quantitative estimate of drug-likeness (QED) is 0.521. The van der Waals surface area contributed by atoms with Crippen molar-refractivity contribution in [1.82, 2.24) is 14.9 Å². The number of aromatic nitrogens is 2. The van der Waals surface area contributed by atoms with E-state index in [1.54, 1.807) is 16.7 Å². The lowest BCUT2D eigenvalue weighted by atomic mass is 9.96. The number of carbonyl (C=O) groups excluding carboxylic acids is 1. The van der Waals surface area contributed by atoms with Crippen LogP contribution in [0.4, 0.5) is 0 Å². The molecule has 1 aromatic carbocycles. The molecule has 2 N–H and O–H groups in total. The van der Waals surface area contributed by atoms with Crippen molar-refractivity contribution < 1.29 is 4.79 Å². The topological polar surface area (TPSA) is 66.9 Å². The standard InChI is InChI=1S/C20H19N3O2S2/c1-13-12-27-20(25)23(13)11-19(24)22-10-16(18-7-4-8-26-18)15-9-21-17-6-3-2-5-14(15)17/h2-9,12,16,21H,10-11H2,1H3,(H,22,24)/t16-/m0/s1. The van der Waals surface area contributed by atoms with Gasteiger partial charge in [-0.15, -0.1) is 11.3 Å². The predicted octanol–water partition coefficient (Wildman–Crippen LogP) is 3.71. The average Bonchev–Trinajstić information content (AvgIpc) is 3.40. The van der Waals surface area contributed by atoms with Gasteiger partial charge >= 0.3 is 4.87 Å². The number of hydrogen-bond acceptors (Lipinski definition) is 4. The first-order valence-corrected chi connectivity index (χ1v) is 10.4. The maximum atomic E-state index is 12.5. The molecule has 1 atom stereocenters. The van der Waals surface area contributed by atoms with Crippen LogP contribution in [0, 0.1) is 6.92 Å². The Balaban J connectivity index is 1.56. The van der Waals surface area contributed by atoms with Crippen LogP contribution < -0.4 is 10.2 Å². The Labute approximate surface area is 164 Å². The van der Waals surface area contributed by atoms with Crippen molar-refractivity contribution >= 4 is 39.5 Å². The van der Waals surface area contributed by atoms with Gasteiger partial charge < -0.3 is 10.3 Å². The normalized spacial score (nSPS) is 12.3. The number of para-hydroxylation sites is 1. The molecule has 5 nitrogen and oxygen atoms in total. The molecule has 0 saturated carbocycles. The summed E-state index contributed by atoms with van der Waals surface area (Å²) in [5.41, 5.74) is 3.06. The third kappa shape index (κ3) is 3.61. The van der Waals surface area contributed by atoms with Gasteiger partial charge in [0.05, 0.1) is 0 Å².